The highest BCUT2D eigenvalue weighted by Crippen LogP contribution is 2.36. The van der Waals surface area contributed by atoms with E-state index >= 15 is 0 Å². The summed E-state index contributed by atoms with van der Waals surface area (Å²) in [7, 11) is 0. The molecule has 1 fully saturated rings. The van der Waals surface area contributed by atoms with Crippen LogP contribution in [0.4, 0.5) is 5.82 Å². The molecule has 2 heterocycles. The zero-order chi connectivity index (χ0) is 15.8. The minimum Gasteiger partial charge on any atom is -0.391 e. The van der Waals surface area contributed by atoms with Crippen LogP contribution >= 0.6 is 11.6 Å². The Labute approximate surface area is 124 Å². The van der Waals surface area contributed by atoms with E-state index in [4.69, 9.17) is 27.8 Å². The number of hydrogen-bond donors (Lipinski definition) is 4. The molecule has 1 aliphatic heterocycles. The zero-order valence-corrected chi connectivity index (χ0v) is 11.7. The molecule has 0 aromatic carbocycles. The molecule has 0 bridgehead atoms. The summed E-state index contributed by atoms with van der Waals surface area (Å²) in [4.78, 5) is 15.4. The Morgan fingerprint density at radius 2 is 2.33 bits per heavy atom. The van der Waals surface area contributed by atoms with Gasteiger partial charge in [-0.05, 0) is 18.5 Å². The molecule has 2 rings (SSSR count). The second-order valence-electron chi connectivity index (χ2n) is 4.70. The summed E-state index contributed by atoms with van der Waals surface area (Å²) in [5.41, 5.74) is 8.81. The molecule has 114 valence electrons. The molecule has 0 amide bonds. The van der Waals surface area contributed by atoms with E-state index in [1.54, 1.807) is 0 Å². The second kappa shape index (κ2) is 5.59. The third kappa shape index (κ3) is 2.59. The van der Waals surface area contributed by atoms with Crippen molar-refractivity contribution in [3.05, 3.63) is 16.7 Å². The minimum absolute atomic E-state index is 0.0760. The van der Waals surface area contributed by atoms with Crippen molar-refractivity contribution in [3.8, 4) is 11.3 Å². The summed E-state index contributed by atoms with van der Waals surface area (Å²) in [6.07, 6.45) is -3.66. The number of nitrogens with zero attached hydrogens (tertiary/aromatic N) is 3. The van der Waals surface area contributed by atoms with Crippen molar-refractivity contribution in [2.45, 2.75) is 37.0 Å². The first kappa shape index (κ1) is 15.7. The SMILES string of the molecule is C[C@H](O)[C@H]1O[C@@H](n2ncc(N)nc2=O)C(N)(C#CCl)C1O. The van der Waals surface area contributed by atoms with Crippen LogP contribution in [-0.4, -0.2) is 48.8 Å². The first-order chi connectivity index (χ1) is 9.81. The summed E-state index contributed by atoms with van der Waals surface area (Å²) in [6.45, 7) is 1.41. The summed E-state index contributed by atoms with van der Waals surface area (Å²) in [5.74, 6) is 2.32. The Morgan fingerprint density at radius 3 is 2.86 bits per heavy atom. The number of anilines is 1. The van der Waals surface area contributed by atoms with E-state index in [1.165, 1.54) is 6.92 Å². The molecule has 1 aromatic rings. The van der Waals surface area contributed by atoms with Crippen LogP contribution in [0.3, 0.4) is 0 Å². The average Bonchev–Trinajstić information content (AvgIpc) is 2.64. The number of nitrogen functional groups attached to an aromatic ring is 1. The molecule has 5 atom stereocenters. The summed E-state index contributed by atoms with van der Waals surface area (Å²) in [5, 5.41) is 25.7. The maximum Gasteiger partial charge on any atom is 0.368 e. The topological polar surface area (TPSA) is 150 Å². The molecule has 1 aromatic heterocycles. The molecule has 9 nitrogen and oxygen atoms in total. The molecule has 2 unspecified atom stereocenters. The van der Waals surface area contributed by atoms with Gasteiger partial charge in [-0.15, -0.1) is 0 Å². The highest BCUT2D eigenvalue weighted by molar-refractivity contribution is 6.30. The fraction of sp³-hybridized carbons (Fsp3) is 0.545. The highest BCUT2D eigenvalue weighted by atomic mass is 35.5. The van der Waals surface area contributed by atoms with E-state index in [0.29, 0.717) is 0 Å². The Kier molecular flexibility index (Phi) is 4.18. The lowest BCUT2D eigenvalue weighted by Crippen LogP contribution is -2.55. The standard InChI is InChI=1S/C11H14ClN5O4/c1-5(18)7-8(19)11(14,2-3-12)9(21-7)17-10(20)16-6(13)4-15-17/h4-5,7-9,18-19H,14H2,1H3,(H2,13,16,20)/t5-,7+,8?,9+,11?/m0/s1. The minimum atomic E-state index is -1.74. The molecule has 10 heteroatoms. The van der Waals surface area contributed by atoms with Crippen molar-refractivity contribution in [2.24, 2.45) is 5.73 Å². The highest BCUT2D eigenvalue weighted by Gasteiger charge is 2.56. The quantitative estimate of drug-likeness (QED) is 0.447. The van der Waals surface area contributed by atoms with Crippen LogP contribution in [0.15, 0.2) is 11.0 Å². The molecule has 0 radical (unpaired) electrons. The first-order valence-corrected chi connectivity index (χ1v) is 6.33. The molecular weight excluding hydrogens is 302 g/mol. The maximum absolute atomic E-state index is 11.9. The molecule has 0 aliphatic carbocycles. The van der Waals surface area contributed by atoms with Gasteiger partial charge in [-0.1, -0.05) is 5.92 Å². The van der Waals surface area contributed by atoms with Gasteiger partial charge in [-0.25, -0.2) is 4.79 Å². The summed E-state index contributed by atoms with van der Waals surface area (Å²) >= 11 is 5.37. The zero-order valence-electron chi connectivity index (χ0n) is 11.0. The number of aliphatic hydroxyl groups is 2. The van der Waals surface area contributed by atoms with Gasteiger partial charge in [0.25, 0.3) is 0 Å². The molecule has 21 heavy (non-hydrogen) atoms. The monoisotopic (exact) mass is 315 g/mol. The van der Waals surface area contributed by atoms with Crippen molar-refractivity contribution in [2.75, 3.05) is 5.73 Å². The predicted octanol–water partition coefficient (Wildman–Crippen LogP) is -2.24. The number of hydrogen-bond acceptors (Lipinski definition) is 8. The van der Waals surface area contributed by atoms with Gasteiger partial charge in [0.05, 0.1) is 12.3 Å². The van der Waals surface area contributed by atoms with E-state index < -0.39 is 35.8 Å². The predicted molar refractivity (Wildman–Crippen MR) is 72.8 cm³/mol. The molecule has 1 aliphatic rings. The van der Waals surface area contributed by atoms with Gasteiger partial charge in [0.15, 0.2) is 11.8 Å². The molecule has 0 spiro atoms. The second-order valence-corrected chi connectivity index (χ2v) is 4.89. The fourth-order valence-corrected chi connectivity index (χ4v) is 2.29. The van der Waals surface area contributed by atoms with Gasteiger partial charge in [-0.3, -0.25) is 0 Å². The third-order valence-corrected chi connectivity index (χ3v) is 3.29. The number of halogens is 1. The van der Waals surface area contributed by atoms with Gasteiger partial charge >= 0.3 is 5.69 Å². The van der Waals surface area contributed by atoms with Gasteiger partial charge in [0.1, 0.15) is 18.0 Å². The summed E-state index contributed by atoms with van der Waals surface area (Å²) in [6, 6.07) is 0. The largest absolute Gasteiger partial charge is 0.391 e. The molecule has 6 N–H and O–H groups in total. The van der Waals surface area contributed by atoms with Crippen molar-refractivity contribution >= 4 is 17.4 Å². The van der Waals surface area contributed by atoms with Crippen molar-refractivity contribution in [1.82, 2.24) is 14.8 Å². The normalized spacial score (nSPS) is 33.3. The van der Waals surface area contributed by atoms with Gasteiger partial charge in [0.2, 0.25) is 0 Å². The smallest absolute Gasteiger partial charge is 0.368 e. The number of ether oxygens (including phenoxy) is 1. The van der Waals surface area contributed by atoms with Gasteiger partial charge in [-0.2, -0.15) is 14.8 Å². The number of aliphatic hydroxyl groups excluding tert-OH is 2. The Hall–Kier alpha value is -1.70. The van der Waals surface area contributed by atoms with Crippen molar-refractivity contribution < 1.29 is 14.9 Å². The lowest BCUT2D eigenvalue weighted by Gasteiger charge is -2.26. The van der Waals surface area contributed by atoms with E-state index in [-0.39, 0.29) is 5.82 Å². The Bertz CT molecular complexity index is 654. The average molecular weight is 316 g/mol. The van der Waals surface area contributed by atoms with E-state index in [0.717, 1.165) is 10.9 Å². The number of aromatic nitrogens is 3. The Balaban J connectivity index is 2.54. The fourth-order valence-electron chi connectivity index (χ4n) is 2.13. The van der Waals surface area contributed by atoms with Gasteiger partial charge < -0.3 is 26.4 Å². The number of nitrogens with two attached hydrogens (primary N) is 2. The summed E-state index contributed by atoms with van der Waals surface area (Å²) < 4.78 is 6.24. The van der Waals surface area contributed by atoms with Crippen LogP contribution in [-0.2, 0) is 4.74 Å². The Morgan fingerprint density at radius 1 is 1.67 bits per heavy atom. The van der Waals surface area contributed by atoms with Crippen LogP contribution in [0.2, 0.25) is 0 Å². The van der Waals surface area contributed by atoms with E-state index in [9.17, 15) is 15.0 Å². The molecule has 0 saturated carbocycles. The third-order valence-electron chi connectivity index (χ3n) is 3.19. The molecular formula is C11H14ClN5O4. The van der Waals surface area contributed by atoms with Crippen LogP contribution in [0.5, 0.6) is 0 Å². The van der Waals surface area contributed by atoms with Crippen LogP contribution in [0, 0.1) is 11.3 Å². The lowest BCUT2D eigenvalue weighted by molar-refractivity contribution is -0.0816. The lowest BCUT2D eigenvalue weighted by atomic mass is 9.90. The number of rotatable bonds is 2. The van der Waals surface area contributed by atoms with E-state index in [1.807, 2.05) is 0 Å². The van der Waals surface area contributed by atoms with Crippen LogP contribution in [0.1, 0.15) is 13.2 Å². The van der Waals surface area contributed by atoms with E-state index in [2.05, 4.69) is 21.4 Å². The van der Waals surface area contributed by atoms with Crippen molar-refractivity contribution in [3.63, 3.8) is 0 Å². The first-order valence-electron chi connectivity index (χ1n) is 5.96. The van der Waals surface area contributed by atoms with Crippen LogP contribution < -0.4 is 17.2 Å². The molecule has 1 saturated heterocycles. The van der Waals surface area contributed by atoms with Gasteiger partial charge in [0, 0.05) is 5.38 Å². The van der Waals surface area contributed by atoms with Crippen LogP contribution in [0.25, 0.3) is 0 Å². The maximum atomic E-state index is 11.9. The van der Waals surface area contributed by atoms with Crippen molar-refractivity contribution in [1.29, 1.82) is 0 Å².